The summed E-state index contributed by atoms with van der Waals surface area (Å²) in [6.45, 7) is 5.92. The molecule has 0 aliphatic rings. The lowest BCUT2D eigenvalue weighted by molar-refractivity contribution is 0.0697. The molecule has 0 amide bonds. The summed E-state index contributed by atoms with van der Waals surface area (Å²) in [7, 11) is 0. The van der Waals surface area contributed by atoms with E-state index in [-0.39, 0.29) is 16.7 Å². The molecule has 0 spiro atoms. The first kappa shape index (κ1) is 17.6. The quantitative estimate of drug-likeness (QED) is 0.682. The second kappa shape index (κ2) is 7.70. The number of pyridine rings is 1. The number of rotatable bonds is 3. The van der Waals surface area contributed by atoms with E-state index in [1.807, 2.05) is 45.0 Å². The highest BCUT2D eigenvalue weighted by Crippen LogP contribution is 2.23. The number of aryl methyl sites for hydroxylation is 1. The Morgan fingerprint density at radius 3 is 2.62 bits per heavy atom. The Bertz CT molecular complexity index is 884. The van der Waals surface area contributed by atoms with Gasteiger partial charge in [-0.25, -0.2) is 9.78 Å². The van der Waals surface area contributed by atoms with Gasteiger partial charge in [-0.1, -0.05) is 19.9 Å². The zero-order chi connectivity index (χ0) is 17.7. The van der Waals surface area contributed by atoms with E-state index in [4.69, 9.17) is 16.7 Å². The van der Waals surface area contributed by atoms with Gasteiger partial charge in [0.25, 0.3) is 0 Å². The minimum Gasteiger partial charge on any atom is -0.477 e. The number of nitrogens with zero attached hydrogens (tertiary/aromatic N) is 3. The Labute approximate surface area is 144 Å². The fourth-order valence-corrected chi connectivity index (χ4v) is 2.19. The number of anilines is 2. The first-order valence-electron chi connectivity index (χ1n) is 7.43. The van der Waals surface area contributed by atoms with Crippen LogP contribution in [-0.2, 0) is 0 Å². The molecule has 2 aromatic heterocycles. The number of carboxylic acid groups (broad SMARTS) is 1. The zero-order valence-corrected chi connectivity index (χ0v) is 14.3. The third kappa shape index (κ3) is 3.97. The summed E-state index contributed by atoms with van der Waals surface area (Å²) in [6, 6.07) is 9.39. The summed E-state index contributed by atoms with van der Waals surface area (Å²) in [4.78, 5) is 23.2. The molecule has 0 bridgehead atoms. The summed E-state index contributed by atoms with van der Waals surface area (Å²) >= 11 is 5.74. The molecule has 1 aromatic carbocycles. The average Bonchev–Trinajstić information content (AvgIpc) is 2.56. The van der Waals surface area contributed by atoms with E-state index >= 15 is 0 Å². The zero-order valence-electron chi connectivity index (χ0n) is 13.5. The van der Waals surface area contributed by atoms with Crippen LogP contribution in [0.1, 0.15) is 29.9 Å². The largest absolute Gasteiger partial charge is 0.477 e. The topological polar surface area (TPSA) is 88.0 Å². The molecule has 0 atom stereocenters. The van der Waals surface area contributed by atoms with Crippen LogP contribution in [0.15, 0.2) is 36.5 Å². The number of carboxylic acids is 1. The molecule has 7 heteroatoms. The van der Waals surface area contributed by atoms with Gasteiger partial charge >= 0.3 is 5.97 Å². The number of aromatic nitrogens is 3. The van der Waals surface area contributed by atoms with Gasteiger partial charge in [-0.2, -0.15) is 4.98 Å². The molecule has 0 aliphatic carbocycles. The number of carbonyl (C=O) groups is 1. The molecule has 24 heavy (non-hydrogen) atoms. The van der Waals surface area contributed by atoms with Crippen molar-refractivity contribution >= 4 is 40.0 Å². The molecule has 0 saturated carbocycles. The molecule has 3 aromatic rings. The molecule has 0 radical (unpaired) electrons. The number of hydrogen-bond donors (Lipinski definition) is 2. The third-order valence-corrected chi connectivity index (χ3v) is 3.26. The standard InChI is InChI=1S/C15H11ClN4O2.C2H6/c1-8-2-3-9-6-10(4-5-12(9)18-8)19-13-11(14(21)22)7-17-15(16)20-13;1-2/h2-7H,1H3,(H,21,22)(H,17,19,20);1-2H3. The van der Waals surface area contributed by atoms with E-state index in [0.717, 1.165) is 16.6 Å². The van der Waals surface area contributed by atoms with E-state index in [1.165, 1.54) is 6.20 Å². The maximum absolute atomic E-state index is 11.2. The first-order valence-corrected chi connectivity index (χ1v) is 7.81. The molecule has 0 fully saturated rings. The van der Waals surface area contributed by atoms with Crippen LogP contribution in [0.5, 0.6) is 0 Å². The van der Waals surface area contributed by atoms with Gasteiger partial charge in [0.15, 0.2) is 0 Å². The minimum absolute atomic E-state index is 0.0226. The molecule has 0 aliphatic heterocycles. The Hall–Kier alpha value is -2.73. The van der Waals surface area contributed by atoms with Crippen LogP contribution in [0.3, 0.4) is 0 Å². The fraction of sp³-hybridized carbons (Fsp3) is 0.176. The van der Waals surface area contributed by atoms with Gasteiger partial charge in [0.2, 0.25) is 5.28 Å². The predicted molar refractivity (Wildman–Crippen MR) is 95.1 cm³/mol. The number of aromatic carboxylic acids is 1. The lowest BCUT2D eigenvalue weighted by Gasteiger charge is -2.09. The highest BCUT2D eigenvalue weighted by atomic mass is 35.5. The molecular weight excluding hydrogens is 328 g/mol. The van der Waals surface area contributed by atoms with Crippen LogP contribution in [0.2, 0.25) is 5.28 Å². The van der Waals surface area contributed by atoms with Crippen molar-refractivity contribution in [2.24, 2.45) is 0 Å². The number of nitrogens with one attached hydrogen (secondary N) is 1. The second-order valence-corrected chi connectivity index (χ2v) is 5.03. The SMILES string of the molecule is CC.Cc1ccc2cc(Nc3nc(Cl)ncc3C(=O)O)ccc2n1. The van der Waals surface area contributed by atoms with Crippen molar-refractivity contribution in [3.05, 3.63) is 53.1 Å². The molecular formula is C17H17ClN4O2. The molecule has 2 heterocycles. The summed E-state index contributed by atoms with van der Waals surface area (Å²) in [5.74, 6) is -0.982. The molecule has 0 unspecified atom stereocenters. The van der Waals surface area contributed by atoms with Crippen molar-refractivity contribution in [1.82, 2.24) is 15.0 Å². The van der Waals surface area contributed by atoms with Crippen molar-refractivity contribution in [1.29, 1.82) is 0 Å². The lowest BCUT2D eigenvalue weighted by Crippen LogP contribution is -2.06. The molecule has 0 saturated heterocycles. The van der Waals surface area contributed by atoms with Crippen LogP contribution in [-0.4, -0.2) is 26.0 Å². The number of halogens is 1. The Balaban J connectivity index is 0.00000100. The van der Waals surface area contributed by atoms with Crippen molar-refractivity contribution in [3.8, 4) is 0 Å². The van der Waals surface area contributed by atoms with Gasteiger partial charge in [0.1, 0.15) is 11.4 Å². The maximum atomic E-state index is 11.2. The summed E-state index contributed by atoms with van der Waals surface area (Å²) in [5, 5.41) is 13.0. The van der Waals surface area contributed by atoms with Crippen LogP contribution in [0.4, 0.5) is 11.5 Å². The van der Waals surface area contributed by atoms with Crippen LogP contribution < -0.4 is 5.32 Å². The van der Waals surface area contributed by atoms with Crippen LogP contribution in [0, 0.1) is 6.92 Å². The Morgan fingerprint density at radius 2 is 1.92 bits per heavy atom. The normalized spacial score (nSPS) is 10.0. The number of benzene rings is 1. The van der Waals surface area contributed by atoms with E-state index in [2.05, 4.69) is 20.3 Å². The van der Waals surface area contributed by atoms with Crippen molar-refractivity contribution in [3.63, 3.8) is 0 Å². The third-order valence-electron chi connectivity index (χ3n) is 3.08. The van der Waals surface area contributed by atoms with E-state index in [1.54, 1.807) is 6.07 Å². The van der Waals surface area contributed by atoms with Gasteiger partial charge in [-0.15, -0.1) is 0 Å². The molecule has 2 N–H and O–H groups in total. The van der Waals surface area contributed by atoms with Gasteiger partial charge in [0.05, 0.1) is 5.52 Å². The highest BCUT2D eigenvalue weighted by molar-refractivity contribution is 6.28. The van der Waals surface area contributed by atoms with Gasteiger partial charge in [-0.05, 0) is 42.8 Å². The van der Waals surface area contributed by atoms with Crippen LogP contribution >= 0.6 is 11.6 Å². The van der Waals surface area contributed by atoms with Gasteiger partial charge in [-0.3, -0.25) is 4.98 Å². The van der Waals surface area contributed by atoms with Crippen molar-refractivity contribution < 1.29 is 9.90 Å². The van der Waals surface area contributed by atoms with Crippen molar-refractivity contribution in [2.45, 2.75) is 20.8 Å². The number of fused-ring (bicyclic) bond motifs is 1. The summed E-state index contributed by atoms with van der Waals surface area (Å²) in [5.41, 5.74) is 2.44. The van der Waals surface area contributed by atoms with E-state index < -0.39 is 5.97 Å². The van der Waals surface area contributed by atoms with E-state index in [9.17, 15) is 4.79 Å². The monoisotopic (exact) mass is 344 g/mol. The van der Waals surface area contributed by atoms with Crippen molar-refractivity contribution in [2.75, 3.05) is 5.32 Å². The molecule has 3 rings (SSSR count). The lowest BCUT2D eigenvalue weighted by atomic mass is 10.2. The van der Waals surface area contributed by atoms with Gasteiger partial charge < -0.3 is 10.4 Å². The van der Waals surface area contributed by atoms with Crippen LogP contribution in [0.25, 0.3) is 10.9 Å². The predicted octanol–water partition coefficient (Wildman–Crippen LogP) is 4.45. The summed E-state index contributed by atoms with van der Waals surface area (Å²) in [6.07, 6.45) is 1.17. The Kier molecular flexibility index (Phi) is 5.65. The second-order valence-electron chi connectivity index (χ2n) is 4.69. The summed E-state index contributed by atoms with van der Waals surface area (Å²) < 4.78 is 0. The maximum Gasteiger partial charge on any atom is 0.341 e. The van der Waals surface area contributed by atoms with E-state index in [0.29, 0.717) is 5.69 Å². The molecule has 124 valence electrons. The van der Waals surface area contributed by atoms with Gasteiger partial charge in [0, 0.05) is 23.0 Å². The number of hydrogen-bond acceptors (Lipinski definition) is 5. The Morgan fingerprint density at radius 1 is 1.17 bits per heavy atom. The first-order chi connectivity index (χ1) is 11.5. The average molecular weight is 345 g/mol. The minimum atomic E-state index is -1.13. The smallest absolute Gasteiger partial charge is 0.341 e. The highest BCUT2D eigenvalue weighted by Gasteiger charge is 2.13. The molecule has 6 nitrogen and oxygen atoms in total. The fourth-order valence-electron chi connectivity index (χ4n) is 2.05.